The summed E-state index contributed by atoms with van der Waals surface area (Å²) in [4.78, 5) is 4.03. The smallest absolute Gasteiger partial charge is 0.172 e. The van der Waals surface area contributed by atoms with E-state index in [1.165, 1.54) is 7.11 Å². The number of ether oxygens (including phenoxy) is 1. The zero-order valence-corrected chi connectivity index (χ0v) is 11.4. The molecule has 94 valence electrons. The van der Waals surface area contributed by atoms with Gasteiger partial charge >= 0.3 is 0 Å². The summed E-state index contributed by atoms with van der Waals surface area (Å²) in [6, 6.07) is 7.46. The van der Waals surface area contributed by atoms with E-state index < -0.39 is 0 Å². The van der Waals surface area contributed by atoms with Gasteiger partial charge in [0, 0.05) is 18.9 Å². The van der Waals surface area contributed by atoms with Gasteiger partial charge in [0.25, 0.3) is 0 Å². The molecular weight excluding hydrogens is 296 g/mol. The molecule has 0 unspecified atom stereocenters. The molecule has 0 aliphatic heterocycles. The highest BCUT2D eigenvalue weighted by Crippen LogP contribution is 2.35. The Labute approximate surface area is 114 Å². The number of phenolic OH excluding ortho intramolecular Hbond substituents is 1. The molecule has 1 heterocycles. The normalized spacial score (nSPS) is 10.1. The number of hydrogen-bond donors (Lipinski definition) is 2. The average Bonchev–Trinajstić information content (AvgIpc) is 2.41. The van der Waals surface area contributed by atoms with Crippen molar-refractivity contribution in [2.24, 2.45) is 0 Å². The third kappa shape index (κ3) is 2.92. The van der Waals surface area contributed by atoms with Crippen LogP contribution in [-0.2, 0) is 6.54 Å². The van der Waals surface area contributed by atoms with Crippen molar-refractivity contribution in [2.45, 2.75) is 6.54 Å². The molecule has 2 aromatic rings. The zero-order valence-electron chi connectivity index (χ0n) is 9.85. The molecule has 0 bridgehead atoms. The van der Waals surface area contributed by atoms with Gasteiger partial charge in [0.05, 0.1) is 17.3 Å². The molecule has 1 aromatic heterocycles. The Morgan fingerprint density at radius 2 is 2.28 bits per heavy atom. The van der Waals surface area contributed by atoms with Crippen LogP contribution in [0.2, 0.25) is 0 Å². The number of aromatic nitrogens is 1. The first kappa shape index (κ1) is 12.7. The number of rotatable bonds is 4. The molecule has 0 aliphatic rings. The first-order valence-electron chi connectivity index (χ1n) is 5.40. The molecule has 0 atom stereocenters. The number of aromatic hydroxyl groups is 1. The monoisotopic (exact) mass is 308 g/mol. The molecule has 18 heavy (non-hydrogen) atoms. The Bertz CT molecular complexity index is 532. The fourth-order valence-electron chi connectivity index (χ4n) is 1.56. The van der Waals surface area contributed by atoms with E-state index >= 15 is 0 Å². The Hall–Kier alpha value is -1.75. The molecule has 2 N–H and O–H groups in total. The fourth-order valence-corrected chi connectivity index (χ4v) is 2.05. The molecule has 4 nitrogen and oxygen atoms in total. The molecule has 5 heteroatoms. The van der Waals surface area contributed by atoms with Gasteiger partial charge in [-0.1, -0.05) is 0 Å². The van der Waals surface area contributed by atoms with E-state index in [0.717, 1.165) is 11.3 Å². The van der Waals surface area contributed by atoms with Crippen LogP contribution in [-0.4, -0.2) is 17.2 Å². The molecule has 0 aliphatic carbocycles. The van der Waals surface area contributed by atoms with Crippen LogP contribution in [0.1, 0.15) is 5.56 Å². The number of anilines is 1. The van der Waals surface area contributed by atoms with Gasteiger partial charge in [-0.2, -0.15) is 0 Å². The van der Waals surface area contributed by atoms with Gasteiger partial charge in [0.1, 0.15) is 0 Å². The van der Waals surface area contributed by atoms with Crippen molar-refractivity contribution in [1.29, 1.82) is 0 Å². The first-order valence-corrected chi connectivity index (χ1v) is 6.19. The highest BCUT2D eigenvalue weighted by Gasteiger charge is 2.08. The molecule has 0 spiro atoms. The van der Waals surface area contributed by atoms with Crippen LogP contribution in [0.3, 0.4) is 0 Å². The number of nitrogens with one attached hydrogen (secondary N) is 1. The maximum absolute atomic E-state index is 9.70. The number of hydrogen-bond acceptors (Lipinski definition) is 4. The molecule has 2 rings (SSSR count). The second-order valence-electron chi connectivity index (χ2n) is 3.72. The van der Waals surface area contributed by atoms with Crippen LogP contribution < -0.4 is 10.1 Å². The SMILES string of the molecule is COc1cc(CNc2cccnc2)cc(Br)c1O. The minimum atomic E-state index is 0.114. The van der Waals surface area contributed by atoms with Gasteiger partial charge in [-0.15, -0.1) is 0 Å². The number of methoxy groups -OCH3 is 1. The van der Waals surface area contributed by atoms with E-state index in [1.807, 2.05) is 18.2 Å². The lowest BCUT2D eigenvalue weighted by molar-refractivity contribution is 0.371. The molecule has 0 saturated carbocycles. The predicted octanol–water partition coefficient (Wildman–Crippen LogP) is 3.17. The van der Waals surface area contributed by atoms with E-state index in [4.69, 9.17) is 4.74 Å². The maximum atomic E-state index is 9.70. The summed E-state index contributed by atoms with van der Waals surface area (Å²) in [7, 11) is 1.53. The van der Waals surface area contributed by atoms with Crippen LogP contribution in [0.15, 0.2) is 41.1 Å². The zero-order chi connectivity index (χ0) is 13.0. The van der Waals surface area contributed by atoms with Crippen molar-refractivity contribution in [3.63, 3.8) is 0 Å². The van der Waals surface area contributed by atoms with Gasteiger partial charge in [0.2, 0.25) is 0 Å². The Kier molecular flexibility index (Phi) is 4.04. The average molecular weight is 309 g/mol. The molecule has 0 saturated heterocycles. The van der Waals surface area contributed by atoms with Gasteiger partial charge in [-0.05, 0) is 45.8 Å². The fraction of sp³-hybridized carbons (Fsp3) is 0.154. The van der Waals surface area contributed by atoms with Crippen LogP contribution in [0, 0.1) is 0 Å². The van der Waals surface area contributed by atoms with Crippen LogP contribution >= 0.6 is 15.9 Å². The summed E-state index contributed by atoms with van der Waals surface area (Å²) in [5, 5.41) is 12.9. The van der Waals surface area contributed by atoms with E-state index in [2.05, 4.69) is 26.2 Å². The molecule has 0 radical (unpaired) electrons. The van der Waals surface area contributed by atoms with Crippen LogP contribution in [0.25, 0.3) is 0 Å². The van der Waals surface area contributed by atoms with Gasteiger partial charge < -0.3 is 15.2 Å². The van der Waals surface area contributed by atoms with Crippen molar-refractivity contribution < 1.29 is 9.84 Å². The van der Waals surface area contributed by atoms with Crippen molar-refractivity contribution in [3.8, 4) is 11.5 Å². The molecular formula is C13H13BrN2O2. The molecule has 0 fully saturated rings. The summed E-state index contributed by atoms with van der Waals surface area (Å²) >= 11 is 3.29. The third-order valence-electron chi connectivity index (χ3n) is 2.47. The topological polar surface area (TPSA) is 54.4 Å². The Balaban J connectivity index is 2.13. The summed E-state index contributed by atoms with van der Waals surface area (Å²) in [5.74, 6) is 0.565. The van der Waals surface area contributed by atoms with Crippen LogP contribution in [0.4, 0.5) is 5.69 Å². The summed E-state index contributed by atoms with van der Waals surface area (Å²) in [5.41, 5.74) is 1.95. The largest absolute Gasteiger partial charge is 0.503 e. The number of nitrogens with zero attached hydrogens (tertiary/aromatic N) is 1. The highest BCUT2D eigenvalue weighted by molar-refractivity contribution is 9.10. The first-order chi connectivity index (χ1) is 8.70. The van der Waals surface area contributed by atoms with Gasteiger partial charge in [-0.25, -0.2) is 0 Å². The van der Waals surface area contributed by atoms with E-state index in [0.29, 0.717) is 16.8 Å². The van der Waals surface area contributed by atoms with Crippen molar-refractivity contribution >= 4 is 21.6 Å². The second kappa shape index (κ2) is 5.73. The Morgan fingerprint density at radius 3 is 2.94 bits per heavy atom. The number of benzene rings is 1. The minimum absolute atomic E-state index is 0.114. The quantitative estimate of drug-likeness (QED) is 0.911. The number of pyridine rings is 1. The second-order valence-corrected chi connectivity index (χ2v) is 4.58. The minimum Gasteiger partial charge on any atom is -0.503 e. The van der Waals surface area contributed by atoms with Gasteiger partial charge in [0.15, 0.2) is 11.5 Å². The van der Waals surface area contributed by atoms with Crippen molar-refractivity contribution in [2.75, 3.05) is 12.4 Å². The van der Waals surface area contributed by atoms with Crippen molar-refractivity contribution in [1.82, 2.24) is 4.98 Å². The maximum Gasteiger partial charge on any atom is 0.172 e. The predicted molar refractivity (Wildman–Crippen MR) is 73.9 cm³/mol. The van der Waals surface area contributed by atoms with Crippen LogP contribution in [0.5, 0.6) is 11.5 Å². The summed E-state index contributed by atoms with van der Waals surface area (Å²) in [6.45, 7) is 0.626. The summed E-state index contributed by atoms with van der Waals surface area (Å²) in [6.07, 6.45) is 3.48. The van der Waals surface area contributed by atoms with Crippen molar-refractivity contribution in [3.05, 3.63) is 46.7 Å². The molecule has 1 aromatic carbocycles. The van der Waals surface area contributed by atoms with E-state index in [9.17, 15) is 5.11 Å². The van der Waals surface area contributed by atoms with Gasteiger partial charge in [-0.3, -0.25) is 4.98 Å². The lowest BCUT2D eigenvalue weighted by atomic mass is 10.2. The Morgan fingerprint density at radius 1 is 1.44 bits per heavy atom. The third-order valence-corrected chi connectivity index (χ3v) is 3.07. The van der Waals surface area contributed by atoms with E-state index in [1.54, 1.807) is 18.5 Å². The standard InChI is InChI=1S/C13H13BrN2O2/c1-18-12-6-9(5-11(14)13(12)17)7-16-10-3-2-4-15-8-10/h2-6,8,16-17H,7H2,1H3. The highest BCUT2D eigenvalue weighted by atomic mass is 79.9. The number of halogens is 1. The molecule has 0 amide bonds. The number of phenols is 1. The van der Waals surface area contributed by atoms with E-state index in [-0.39, 0.29) is 5.75 Å². The lowest BCUT2D eigenvalue weighted by Gasteiger charge is -2.10. The summed E-state index contributed by atoms with van der Waals surface area (Å²) < 4.78 is 5.71. The lowest BCUT2D eigenvalue weighted by Crippen LogP contribution is -2.00.